The van der Waals surface area contributed by atoms with Crippen LogP contribution in [0.2, 0.25) is 0 Å². The number of likely N-dealkylation sites (N-methyl/N-ethyl adjacent to an activating group) is 1. The van der Waals surface area contributed by atoms with E-state index in [-0.39, 0.29) is 24.6 Å². The van der Waals surface area contributed by atoms with Crippen molar-refractivity contribution in [1.82, 2.24) is 20.0 Å². The Morgan fingerprint density at radius 2 is 1.71 bits per heavy atom. The van der Waals surface area contributed by atoms with Crippen molar-refractivity contribution in [3.05, 3.63) is 64.9 Å². The zero-order chi connectivity index (χ0) is 30.4. The Morgan fingerprint density at radius 1 is 0.976 bits per heavy atom. The molecule has 2 atom stereocenters. The molecule has 0 spiro atoms. The summed E-state index contributed by atoms with van der Waals surface area (Å²) in [6, 6.07) is 11.2. The number of nitrogens with one attached hydrogen (secondary N) is 1. The van der Waals surface area contributed by atoms with Gasteiger partial charge in [0.1, 0.15) is 17.2 Å². The van der Waals surface area contributed by atoms with Crippen LogP contribution in [0.1, 0.15) is 42.7 Å². The van der Waals surface area contributed by atoms with Crippen molar-refractivity contribution in [2.75, 3.05) is 60.7 Å². The molecule has 1 saturated heterocycles. The Balaban J connectivity index is 1.66. The van der Waals surface area contributed by atoms with E-state index in [4.69, 9.17) is 18.9 Å². The number of benzene rings is 2. The number of carbonyl (C=O) groups is 3. The second kappa shape index (κ2) is 13.6. The summed E-state index contributed by atoms with van der Waals surface area (Å²) in [5.41, 5.74) is 2.11. The lowest BCUT2D eigenvalue weighted by atomic mass is 9.93. The van der Waals surface area contributed by atoms with Gasteiger partial charge < -0.3 is 29.2 Å². The van der Waals surface area contributed by atoms with Crippen LogP contribution in [0.4, 0.5) is 4.79 Å². The summed E-state index contributed by atoms with van der Waals surface area (Å²) >= 11 is 0. The van der Waals surface area contributed by atoms with E-state index in [1.807, 2.05) is 24.8 Å². The molecule has 0 radical (unpaired) electrons. The third-order valence-electron chi connectivity index (χ3n) is 7.66. The molecule has 2 aliphatic rings. The lowest BCUT2D eigenvalue weighted by Crippen LogP contribution is -2.56. The van der Waals surface area contributed by atoms with Crippen molar-refractivity contribution in [2.24, 2.45) is 0 Å². The number of amides is 3. The number of methoxy groups -OCH3 is 3. The van der Waals surface area contributed by atoms with E-state index < -0.39 is 12.0 Å². The highest BCUT2D eigenvalue weighted by molar-refractivity contribution is 5.96. The molecule has 2 heterocycles. The zero-order valence-corrected chi connectivity index (χ0v) is 25.1. The molecule has 2 aromatic carbocycles. The highest BCUT2D eigenvalue weighted by atomic mass is 16.5. The van der Waals surface area contributed by atoms with E-state index in [0.717, 1.165) is 0 Å². The first kappa shape index (κ1) is 30.7. The number of esters is 1. The van der Waals surface area contributed by atoms with Gasteiger partial charge in [-0.15, -0.1) is 0 Å². The summed E-state index contributed by atoms with van der Waals surface area (Å²) in [6.07, 6.45) is 0. The summed E-state index contributed by atoms with van der Waals surface area (Å²) in [6.45, 7) is 8.11. The average Bonchev–Trinajstić information content (AvgIpc) is 3.00. The van der Waals surface area contributed by atoms with Gasteiger partial charge in [0.25, 0.3) is 5.91 Å². The minimum absolute atomic E-state index is 0.0635. The van der Waals surface area contributed by atoms with Gasteiger partial charge in [-0.3, -0.25) is 14.6 Å². The molecule has 2 aliphatic heterocycles. The van der Waals surface area contributed by atoms with Crippen molar-refractivity contribution in [2.45, 2.75) is 32.9 Å². The maximum Gasteiger partial charge on any atom is 0.338 e. The van der Waals surface area contributed by atoms with Crippen LogP contribution < -0.4 is 19.5 Å². The normalized spacial score (nSPS) is 19.3. The topological polar surface area (TPSA) is 110 Å². The Morgan fingerprint density at radius 3 is 2.36 bits per heavy atom. The largest absolute Gasteiger partial charge is 0.497 e. The van der Waals surface area contributed by atoms with Crippen LogP contribution in [0, 0.1) is 0 Å². The maximum absolute atomic E-state index is 13.5. The van der Waals surface area contributed by atoms with Gasteiger partial charge in [-0.2, -0.15) is 0 Å². The number of rotatable bonds is 10. The van der Waals surface area contributed by atoms with Gasteiger partial charge in [-0.1, -0.05) is 6.07 Å². The van der Waals surface area contributed by atoms with Crippen LogP contribution >= 0.6 is 0 Å². The zero-order valence-electron chi connectivity index (χ0n) is 25.1. The fraction of sp³-hybridized carbons (Fsp3) is 0.452. The maximum atomic E-state index is 13.5. The van der Waals surface area contributed by atoms with Crippen LogP contribution in [0.25, 0.3) is 0 Å². The molecule has 226 valence electrons. The van der Waals surface area contributed by atoms with Crippen molar-refractivity contribution in [3.8, 4) is 17.2 Å². The lowest BCUT2D eigenvalue weighted by molar-refractivity contribution is -0.139. The number of hydrogen-bond acceptors (Lipinski definition) is 8. The molecule has 1 N–H and O–H groups in total. The molecule has 11 nitrogen and oxygen atoms in total. The smallest absolute Gasteiger partial charge is 0.338 e. The molecule has 42 heavy (non-hydrogen) atoms. The predicted octanol–water partition coefficient (Wildman–Crippen LogP) is 3.46. The number of ether oxygens (including phenoxy) is 4. The number of hydrogen-bond donors (Lipinski definition) is 1. The minimum atomic E-state index is -0.788. The highest BCUT2D eigenvalue weighted by Gasteiger charge is 2.40. The molecule has 2 aromatic rings. The Hall–Kier alpha value is -4.25. The van der Waals surface area contributed by atoms with Crippen LogP contribution in [-0.4, -0.2) is 99.3 Å². The van der Waals surface area contributed by atoms with Gasteiger partial charge >= 0.3 is 12.0 Å². The number of urea groups is 1. The third-order valence-corrected chi connectivity index (χ3v) is 7.66. The molecule has 3 amide bonds. The number of carbonyl (C=O) groups excluding carboxylic acids is 3. The fourth-order valence-corrected chi connectivity index (χ4v) is 5.56. The molecule has 1 fully saturated rings. The lowest BCUT2D eigenvalue weighted by Gasteiger charge is -2.43. The molecular weight excluding hydrogens is 540 g/mol. The van der Waals surface area contributed by atoms with Crippen molar-refractivity contribution in [3.63, 3.8) is 0 Å². The molecule has 0 aromatic heterocycles. The predicted molar refractivity (Wildman–Crippen MR) is 157 cm³/mol. The number of nitrogens with zero attached hydrogens (tertiary/aromatic N) is 3. The van der Waals surface area contributed by atoms with Crippen LogP contribution in [-0.2, 0) is 9.53 Å². The monoisotopic (exact) mass is 580 g/mol. The van der Waals surface area contributed by atoms with Gasteiger partial charge in [-0.25, -0.2) is 9.59 Å². The molecule has 0 saturated carbocycles. The molecule has 0 bridgehead atoms. The average molecular weight is 581 g/mol. The van der Waals surface area contributed by atoms with Gasteiger partial charge in [0.2, 0.25) is 0 Å². The summed E-state index contributed by atoms with van der Waals surface area (Å²) in [5, 5.41) is 2.99. The van der Waals surface area contributed by atoms with Gasteiger partial charge in [0, 0.05) is 61.7 Å². The Bertz CT molecular complexity index is 1340. The first-order valence-corrected chi connectivity index (χ1v) is 14.1. The van der Waals surface area contributed by atoms with E-state index in [0.29, 0.717) is 72.4 Å². The first-order chi connectivity index (χ1) is 20.3. The number of piperazine rings is 1. The SMILES string of the molecule is CCOC(=O)C1=C(CN2CCN(C(=O)c3cccc(OC)c3)C(C)C2)N(CC)C(=O)NC1c1ccc(OC)cc1OC. The first-order valence-electron chi connectivity index (χ1n) is 14.1. The van der Waals surface area contributed by atoms with Crippen LogP contribution in [0.5, 0.6) is 17.2 Å². The minimum Gasteiger partial charge on any atom is -0.497 e. The molecular formula is C31H40N4O7. The second-order valence-electron chi connectivity index (χ2n) is 10.1. The van der Waals surface area contributed by atoms with E-state index in [2.05, 4.69) is 10.2 Å². The van der Waals surface area contributed by atoms with E-state index in [1.54, 1.807) is 62.4 Å². The summed E-state index contributed by atoms with van der Waals surface area (Å²) in [7, 11) is 4.66. The van der Waals surface area contributed by atoms with Gasteiger partial charge in [0.15, 0.2) is 0 Å². The third kappa shape index (κ3) is 6.30. The molecule has 0 aliphatic carbocycles. The standard InChI is InChI=1S/C31H40N4O7/c1-7-34-25(19-33-14-15-35(20(3)18-33)29(36)21-10-9-11-22(16-21)39-4)27(30(37)42-8-2)28(32-31(34)38)24-13-12-23(40-5)17-26(24)41-6/h9-13,16-17,20,28H,7-8,14-15,18-19H2,1-6H3,(H,32,38). The molecule has 2 unspecified atom stereocenters. The van der Waals surface area contributed by atoms with Crippen molar-refractivity contribution < 1.29 is 33.3 Å². The fourth-order valence-electron chi connectivity index (χ4n) is 5.56. The Kier molecular flexibility index (Phi) is 9.95. The highest BCUT2D eigenvalue weighted by Crippen LogP contribution is 2.38. The van der Waals surface area contributed by atoms with Gasteiger partial charge in [-0.05, 0) is 51.1 Å². The molecule has 4 rings (SSSR count). The summed E-state index contributed by atoms with van der Waals surface area (Å²) in [4.78, 5) is 45.9. The van der Waals surface area contributed by atoms with Crippen LogP contribution in [0.15, 0.2) is 53.7 Å². The molecule has 11 heteroatoms. The van der Waals surface area contributed by atoms with Crippen molar-refractivity contribution >= 4 is 17.9 Å². The van der Waals surface area contributed by atoms with Crippen LogP contribution in [0.3, 0.4) is 0 Å². The van der Waals surface area contributed by atoms with E-state index in [1.165, 1.54) is 7.11 Å². The second-order valence-corrected chi connectivity index (χ2v) is 10.1. The van der Waals surface area contributed by atoms with Crippen molar-refractivity contribution in [1.29, 1.82) is 0 Å². The van der Waals surface area contributed by atoms with E-state index in [9.17, 15) is 14.4 Å². The summed E-state index contributed by atoms with van der Waals surface area (Å²) in [5.74, 6) is 1.12. The van der Waals surface area contributed by atoms with E-state index >= 15 is 0 Å². The quantitative estimate of drug-likeness (QED) is 0.426. The Labute approximate surface area is 246 Å². The van der Waals surface area contributed by atoms with Gasteiger partial charge in [0.05, 0.1) is 39.6 Å². The summed E-state index contributed by atoms with van der Waals surface area (Å²) < 4.78 is 21.8.